The fraction of sp³-hybridized carbons (Fsp3) is 0.462. The summed E-state index contributed by atoms with van der Waals surface area (Å²) in [5, 5.41) is 41.6. The number of aryl methyl sites for hydroxylation is 1. The molecular formula is C26H33NO5. The Hall–Kier alpha value is -2.22. The van der Waals surface area contributed by atoms with Crippen molar-refractivity contribution in [3.8, 4) is 0 Å². The van der Waals surface area contributed by atoms with Gasteiger partial charge in [-0.1, -0.05) is 49.7 Å². The predicted octanol–water partition coefficient (Wildman–Crippen LogP) is 2.71. The molecule has 6 heteroatoms. The highest BCUT2D eigenvalue weighted by Gasteiger charge is 2.44. The smallest absolute Gasteiger partial charge is 0.114 e. The molecule has 0 radical (unpaired) electrons. The van der Waals surface area contributed by atoms with Crippen LogP contribution >= 0.6 is 0 Å². The van der Waals surface area contributed by atoms with E-state index in [1.54, 1.807) is 0 Å². The van der Waals surface area contributed by atoms with Crippen LogP contribution in [0.2, 0.25) is 0 Å². The Morgan fingerprint density at radius 2 is 1.62 bits per heavy atom. The second-order valence-electron chi connectivity index (χ2n) is 9.40. The average Bonchev–Trinajstić information content (AvgIpc) is 3.10. The van der Waals surface area contributed by atoms with E-state index >= 15 is 0 Å². The highest BCUT2D eigenvalue weighted by Crippen LogP contribution is 2.37. The number of nitrogens with zero attached hydrogens (tertiary/aromatic N) is 1. The Morgan fingerprint density at radius 3 is 2.28 bits per heavy atom. The zero-order chi connectivity index (χ0) is 23.0. The molecule has 0 spiro atoms. The Labute approximate surface area is 188 Å². The second kappa shape index (κ2) is 9.33. The predicted molar refractivity (Wildman–Crippen MR) is 123 cm³/mol. The summed E-state index contributed by atoms with van der Waals surface area (Å²) in [4.78, 5) is 0. The molecule has 1 saturated heterocycles. The number of ether oxygens (including phenoxy) is 1. The van der Waals surface area contributed by atoms with Crippen LogP contribution in [0.5, 0.6) is 0 Å². The van der Waals surface area contributed by atoms with Gasteiger partial charge in [-0.25, -0.2) is 0 Å². The first-order chi connectivity index (χ1) is 15.3. The van der Waals surface area contributed by atoms with Crippen molar-refractivity contribution in [3.63, 3.8) is 0 Å². The van der Waals surface area contributed by atoms with Crippen LogP contribution in [-0.4, -0.2) is 56.0 Å². The summed E-state index contributed by atoms with van der Waals surface area (Å²) in [6, 6.07) is 14.8. The van der Waals surface area contributed by atoms with Gasteiger partial charge in [0.15, 0.2) is 0 Å². The van der Waals surface area contributed by atoms with Gasteiger partial charge in [-0.05, 0) is 42.5 Å². The van der Waals surface area contributed by atoms with Crippen LogP contribution in [0.3, 0.4) is 0 Å². The molecule has 1 aliphatic heterocycles. The molecule has 5 atom stereocenters. The van der Waals surface area contributed by atoms with Gasteiger partial charge in [0.1, 0.15) is 30.5 Å². The van der Waals surface area contributed by atoms with Crippen LogP contribution in [0, 0.1) is 12.8 Å². The number of fused-ring (bicyclic) bond motifs is 1. The lowest BCUT2D eigenvalue weighted by atomic mass is 9.91. The number of aliphatic hydroxyl groups excluding tert-OH is 4. The van der Waals surface area contributed by atoms with Crippen molar-refractivity contribution in [2.75, 3.05) is 6.61 Å². The lowest BCUT2D eigenvalue weighted by Gasteiger charge is -2.40. The number of hydrogen-bond acceptors (Lipinski definition) is 5. The van der Waals surface area contributed by atoms with E-state index in [0.29, 0.717) is 12.5 Å². The third-order valence-electron chi connectivity index (χ3n) is 6.29. The summed E-state index contributed by atoms with van der Waals surface area (Å²) in [7, 11) is 0. The number of rotatable bonds is 6. The summed E-state index contributed by atoms with van der Waals surface area (Å²) in [6.45, 7) is 6.63. The lowest BCUT2D eigenvalue weighted by molar-refractivity contribution is -0.231. The molecule has 172 valence electrons. The maximum Gasteiger partial charge on any atom is 0.114 e. The highest BCUT2D eigenvalue weighted by atomic mass is 16.5. The summed E-state index contributed by atoms with van der Waals surface area (Å²) in [5.41, 5.74) is 5.28. The van der Waals surface area contributed by atoms with Crippen molar-refractivity contribution in [1.82, 2.24) is 4.57 Å². The highest BCUT2D eigenvalue weighted by molar-refractivity contribution is 5.85. The monoisotopic (exact) mass is 439 g/mol. The third kappa shape index (κ3) is 4.47. The van der Waals surface area contributed by atoms with Gasteiger partial charge in [0.05, 0.1) is 6.61 Å². The fourth-order valence-electron chi connectivity index (χ4n) is 4.60. The minimum atomic E-state index is -1.40. The fourth-order valence-corrected chi connectivity index (χ4v) is 4.60. The summed E-state index contributed by atoms with van der Waals surface area (Å²) < 4.78 is 7.97. The van der Waals surface area contributed by atoms with Crippen LogP contribution in [-0.2, 0) is 17.7 Å². The van der Waals surface area contributed by atoms with E-state index in [0.717, 1.165) is 34.0 Å². The summed E-state index contributed by atoms with van der Waals surface area (Å²) in [5.74, 6) is 0.610. The molecule has 6 nitrogen and oxygen atoms in total. The molecule has 0 saturated carbocycles. The van der Waals surface area contributed by atoms with Crippen molar-refractivity contribution in [3.05, 3.63) is 70.9 Å². The summed E-state index contributed by atoms with van der Waals surface area (Å²) >= 11 is 0. The molecule has 2 aromatic carbocycles. The first-order valence-electron chi connectivity index (χ1n) is 11.3. The van der Waals surface area contributed by atoms with E-state index in [2.05, 4.69) is 42.7 Å². The minimum Gasteiger partial charge on any atom is -0.394 e. The molecular weight excluding hydrogens is 406 g/mol. The number of aromatic nitrogens is 1. The maximum absolute atomic E-state index is 10.7. The van der Waals surface area contributed by atoms with Crippen LogP contribution < -0.4 is 0 Å². The SMILES string of the molecule is Cc1ccc2c(c1)c([C@@H]1O[C@H](CO)[C@@H](O)[C@H](O)[C@H]1O)cn2Cc1ccc(CC(C)C)cc1. The Balaban J connectivity index is 1.70. The molecule has 2 heterocycles. The molecule has 32 heavy (non-hydrogen) atoms. The molecule has 3 aromatic rings. The van der Waals surface area contributed by atoms with Gasteiger partial charge in [0, 0.05) is 29.2 Å². The van der Waals surface area contributed by atoms with Crippen LogP contribution in [0.1, 0.15) is 42.2 Å². The van der Waals surface area contributed by atoms with Gasteiger partial charge >= 0.3 is 0 Å². The number of aliphatic hydroxyl groups is 4. The number of benzene rings is 2. The van der Waals surface area contributed by atoms with E-state index in [9.17, 15) is 20.4 Å². The van der Waals surface area contributed by atoms with Crippen molar-refractivity contribution >= 4 is 10.9 Å². The largest absolute Gasteiger partial charge is 0.394 e. The Bertz CT molecular complexity index is 1060. The first-order valence-corrected chi connectivity index (χ1v) is 11.3. The van der Waals surface area contributed by atoms with E-state index in [1.807, 2.05) is 31.3 Å². The summed E-state index contributed by atoms with van der Waals surface area (Å²) in [6.07, 6.45) is -2.87. The standard InChI is InChI=1S/C26H33NO5/c1-15(2)10-17-5-7-18(8-6-17)12-27-13-20(19-11-16(3)4-9-21(19)27)26-25(31)24(30)23(29)22(14-28)32-26/h4-9,11,13,15,22-26,28-31H,10,12,14H2,1-3H3/t22-,23-,24+,25-,26+/m1/s1. The first kappa shape index (κ1) is 23.0. The molecule has 0 aliphatic carbocycles. The molecule has 1 aromatic heterocycles. The quantitative estimate of drug-likeness (QED) is 0.474. The molecule has 4 rings (SSSR count). The lowest BCUT2D eigenvalue weighted by Crippen LogP contribution is -2.55. The van der Waals surface area contributed by atoms with Gasteiger partial charge in [-0.3, -0.25) is 0 Å². The van der Waals surface area contributed by atoms with E-state index in [1.165, 1.54) is 5.56 Å². The molecule has 0 unspecified atom stereocenters. The number of hydrogen-bond donors (Lipinski definition) is 4. The van der Waals surface area contributed by atoms with Gasteiger partial charge in [0.2, 0.25) is 0 Å². The van der Waals surface area contributed by atoms with Crippen LogP contribution in [0.15, 0.2) is 48.7 Å². The second-order valence-corrected chi connectivity index (χ2v) is 9.40. The van der Waals surface area contributed by atoms with E-state index in [4.69, 9.17) is 4.74 Å². The zero-order valence-electron chi connectivity index (χ0n) is 18.8. The molecule has 1 fully saturated rings. The maximum atomic E-state index is 10.7. The van der Waals surface area contributed by atoms with E-state index in [-0.39, 0.29) is 0 Å². The molecule has 4 N–H and O–H groups in total. The molecule has 0 bridgehead atoms. The topological polar surface area (TPSA) is 95.1 Å². The minimum absolute atomic E-state index is 0.443. The van der Waals surface area contributed by atoms with Gasteiger partial charge in [-0.2, -0.15) is 0 Å². The van der Waals surface area contributed by atoms with Crippen molar-refractivity contribution in [2.45, 2.75) is 64.3 Å². The van der Waals surface area contributed by atoms with Crippen LogP contribution in [0.25, 0.3) is 10.9 Å². The normalized spacial score (nSPS) is 26.2. The zero-order valence-corrected chi connectivity index (χ0v) is 18.8. The molecule has 0 amide bonds. The van der Waals surface area contributed by atoms with Crippen LogP contribution in [0.4, 0.5) is 0 Å². The molecule has 1 aliphatic rings. The van der Waals surface area contributed by atoms with Crippen molar-refractivity contribution in [2.24, 2.45) is 5.92 Å². The van der Waals surface area contributed by atoms with Crippen molar-refractivity contribution < 1.29 is 25.2 Å². The van der Waals surface area contributed by atoms with Gasteiger partial charge in [0.25, 0.3) is 0 Å². The average molecular weight is 440 g/mol. The Kier molecular flexibility index (Phi) is 6.70. The van der Waals surface area contributed by atoms with Gasteiger partial charge in [-0.15, -0.1) is 0 Å². The van der Waals surface area contributed by atoms with E-state index < -0.39 is 37.1 Å². The van der Waals surface area contributed by atoms with Gasteiger partial charge < -0.3 is 29.7 Å². The third-order valence-corrected chi connectivity index (χ3v) is 6.29. The Morgan fingerprint density at radius 1 is 0.938 bits per heavy atom. The van der Waals surface area contributed by atoms with Crippen molar-refractivity contribution in [1.29, 1.82) is 0 Å².